The summed E-state index contributed by atoms with van der Waals surface area (Å²) in [7, 11) is 1.53. The molecule has 5 heteroatoms. The number of rotatable bonds is 6. The predicted molar refractivity (Wildman–Crippen MR) is 91.2 cm³/mol. The van der Waals surface area contributed by atoms with E-state index in [-0.39, 0.29) is 11.9 Å². The molecule has 0 spiro atoms. The van der Waals surface area contributed by atoms with Gasteiger partial charge in [0.1, 0.15) is 5.56 Å². The van der Waals surface area contributed by atoms with Crippen LogP contribution in [0.4, 0.5) is 0 Å². The number of aromatic nitrogens is 1. The second kappa shape index (κ2) is 7.93. The predicted octanol–water partition coefficient (Wildman–Crippen LogP) is 2.56. The van der Waals surface area contributed by atoms with Crippen molar-refractivity contribution in [1.29, 1.82) is 0 Å². The van der Waals surface area contributed by atoms with E-state index in [1.165, 1.54) is 12.7 Å². The van der Waals surface area contributed by atoms with Gasteiger partial charge in [-0.3, -0.25) is 4.79 Å². The molecule has 0 aliphatic carbocycles. The number of nitrogens with zero attached hydrogens (tertiary/aromatic N) is 2. The zero-order chi connectivity index (χ0) is 16.8. The van der Waals surface area contributed by atoms with E-state index in [0.29, 0.717) is 31.2 Å². The third-order valence-electron chi connectivity index (χ3n) is 4.29. The first-order valence-electron chi connectivity index (χ1n) is 8.21. The molecule has 1 aromatic heterocycles. The molecule has 0 radical (unpaired) electrons. The molecule has 3 rings (SSSR count). The van der Waals surface area contributed by atoms with E-state index in [0.717, 1.165) is 12.8 Å². The Morgan fingerprint density at radius 3 is 2.83 bits per heavy atom. The van der Waals surface area contributed by atoms with Gasteiger partial charge in [0.2, 0.25) is 5.88 Å². The summed E-state index contributed by atoms with van der Waals surface area (Å²) in [6.45, 7) is 1.93. The van der Waals surface area contributed by atoms with Crippen LogP contribution in [0.2, 0.25) is 0 Å². The summed E-state index contributed by atoms with van der Waals surface area (Å²) in [4.78, 5) is 19.1. The average molecular weight is 326 g/mol. The van der Waals surface area contributed by atoms with Crippen molar-refractivity contribution in [2.75, 3.05) is 26.9 Å². The minimum absolute atomic E-state index is 0.0496. The summed E-state index contributed by atoms with van der Waals surface area (Å²) < 4.78 is 10.7. The van der Waals surface area contributed by atoms with E-state index < -0.39 is 0 Å². The van der Waals surface area contributed by atoms with Gasteiger partial charge in [-0.05, 0) is 30.5 Å². The van der Waals surface area contributed by atoms with Crippen molar-refractivity contribution in [2.24, 2.45) is 0 Å². The van der Waals surface area contributed by atoms with Gasteiger partial charge in [-0.2, -0.15) is 0 Å². The normalized spacial score (nSPS) is 16.8. The molecule has 0 saturated carbocycles. The summed E-state index contributed by atoms with van der Waals surface area (Å²) in [5, 5.41) is 0. The molecule has 2 heterocycles. The van der Waals surface area contributed by atoms with Crippen LogP contribution in [0.3, 0.4) is 0 Å². The Kier molecular flexibility index (Phi) is 5.43. The summed E-state index contributed by atoms with van der Waals surface area (Å²) in [6, 6.07) is 13.8. The summed E-state index contributed by atoms with van der Waals surface area (Å²) >= 11 is 0. The van der Waals surface area contributed by atoms with Crippen molar-refractivity contribution in [1.82, 2.24) is 9.88 Å². The van der Waals surface area contributed by atoms with Crippen LogP contribution in [-0.4, -0.2) is 48.7 Å². The Hall–Kier alpha value is -2.40. The average Bonchev–Trinajstić information content (AvgIpc) is 3.17. The molecule has 1 saturated heterocycles. The first kappa shape index (κ1) is 16.5. The highest BCUT2D eigenvalue weighted by Crippen LogP contribution is 2.21. The lowest BCUT2D eigenvalue weighted by Crippen LogP contribution is -2.42. The summed E-state index contributed by atoms with van der Waals surface area (Å²) in [5.74, 6) is 0.317. The largest absolute Gasteiger partial charge is 0.480 e. The highest BCUT2D eigenvalue weighted by molar-refractivity contribution is 5.96. The molecule has 2 aromatic rings. The molecule has 0 N–H and O–H groups in total. The van der Waals surface area contributed by atoms with Crippen LogP contribution in [-0.2, 0) is 11.2 Å². The van der Waals surface area contributed by atoms with E-state index >= 15 is 0 Å². The second-order valence-electron chi connectivity index (χ2n) is 5.81. The first-order valence-corrected chi connectivity index (χ1v) is 8.21. The number of carbonyl (C=O) groups excluding carboxylic acids is 1. The third kappa shape index (κ3) is 3.74. The standard InChI is InChI=1S/C19H22N2O3/c1-23-18-17(8-5-11-20-18)19(22)21(16-10-13-24-14-16)12-9-15-6-3-2-4-7-15/h2-8,11,16H,9-10,12-14H2,1H3/t16-/m1/s1. The van der Waals surface area contributed by atoms with Crippen molar-refractivity contribution < 1.29 is 14.3 Å². The molecule has 1 aliphatic heterocycles. The topological polar surface area (TPSA) is 51.7 Å². The minimum atomic E-state index is -0.0496. The van der Waals surface area contributed by atoms with Gasteiger partial charge in [-0.25, -0.2) is 4.98 Å². The zero-order valence-electron chi connectivity index (χ0n) is 13.9. The molecule has 1 atom stereocenters. The van der Waals surface area contributed by atoms with E-state index in [9.17, 15) is 4.79 Å². The summed E-state index contributed by atoms with van der Waals surface area (Å²) in [6.07, 6.45) is 3.30. The van der Waals surface area contributed by atoms with Gasteiger partial charge < -0.3 is 14.4 Å². The maximum absolute atomic E-state index is 13.1. The van der Waals surface area contributed by atoms with Crippen molar-refractivity contribution in [3.63, 3.8) is 0 Å². The molecular weight excluding hydrogens is 304 g/mol. The fourth-order valence-electron chi connectivity index (χ4n) is 2.98. The first-order chi connectivity index (χ1) is 11.8. The van der Waals surface area contributed by atoms with E-state index in [1.54, 1.807) is 18.3 Å². The van der Waals surface area contributed by atoms with E-state index in [1.807, 2.05) is 23.1 Å². The van der Waals surface area contributed by atoms with Crippen molar-refractivity contribution >= 4 is 5.91 Å². The van der Waals surface area contributed by atoms with Gasteiger partial charge in [0.25, 0.3) is 5.91 Å². The summed E-state index contributed by atoms with van der Waals surface area (Å²) in [5.41, 5.74) is 1.72. The lowest BCUT2D eigenvalue weighted by molar-refractivity contribution is 0.0652. The van der Waals surface area contributed by atoms with Crippen LogP contribution in [0.1, 0.15) is 22.3 Å². The maximum Gasteiger partial charge on any atom is 0.259 e. The Morgan fingerprint density at radius 2 is 2.12 bits per heavy atom. The molecule has 1 fully saturated rings. The lowest BCUT2D eigenvalue weighted by atomic mass is 10.1. The SMILES string of the molecule is COc1ncccc1C(=O)N(CCc1ccccc1)[C@@H]1CCOC1. The Labute approximate surface area is 142 Å². The smallest absolute Gasteiger partial charge is 0.259 e. The van der Waals surface area contributed by atoms with Gasteiger partial charge in [-0.15, -0.1) is 0 Å². The van der Waals surface area contributed by atoms with Gasteiger partial charge in [0, 0.05) is 19.3 Å². The van der Waals surface area contributed by atoms with Crippen LogP contribution >= 0.6 is 0 Å². The highest BCUT2D eigenvalue weighted by Gasteiger charge is 2.29. The molecule has 1 amide bonds. The van der Waals surface area contributed by atoms with Crippen molar-refractivity contribution in [2.45, 2.75) is 18.9 Å². The van der Waals surface area contributed by atoms with E-state index in [4.69, 9.17) is 9.47 Å². The quantitative estimate of drug-likeness (QED) is 0.819. The van der Waals surface area contributed by atoms with Crippen LogP contribution in [0.25, 0.3) is 0 Å². The molecular formula is C19H22N2O3. The van der Waals surface area contributed by atoms with Crippen LogP contribution in [0.5, 0.6) is 5.88 Å². The van der Waals surface area contributed by atoms with Gasteiger partial charge >= 0.3 is 0 Å². The number of hydrogen-bond donors (Lipinski definition) is 0. The lowest BCUT2D eigenvalue weighted by Gasteiger charge is -2.28. The van der Waals surface area contributed by atoms with Gasteiger partial charge in [-0.1, -0.05) is 30.3 Å². The number of amides is 1. The number of carbonyl (C=O) groups is 1. The molecule has 0 unspecified atom stereocenters. The second-order valence-corrected chi connectivity index (χ2v) is 5.81. The van der Waals surface area contributed by atoms with Crippen molar-refractivity contribution in [3.8, 4) is 5.88 Å². The Morgan fingerprint density at radius 1 is 1.29 bits per heavy atom. The number of pyridine rings is 1. The fraction of sp³-hybridized carbons (Fsp3) is 0.368. The third-order valence-corrected chi connectivity index (χ3v) is 4.29. The van der Waals surface area contributed by atoms with Gasteiger partial charge in [0.05, 0.1) is 19.8 Å². The molecule has 1 aliphatic rings. The molecule has 0 bridgehead atoms. The molecule has 1 aromatic carbocycles. The van der Waals surface area contributed by atoms with Crippen LogP contribution in [0.15, 0.2) is 48.7 Å². The number of methoxy groups -OCH3 is 1. The van der Waals surface area contributed by atoms with Gasteiger partial charge in [0.15, 0.2) is 0 Å². The molecule has 5 nitrogen and oxygen atoms in total. The van der Waals surface area contributed by atoms with Crippen LogP contribution < -0.4 is 4.74 Å². The Balaban J connectivity index is 1.80. The highest BCUT2D eigenvalue weighted by atomic mass is 16.5. The minimum Gasteiger partial charge on any atom is -0.480 e. The zero-order valence-corrected chi connectivity index (χ0v) is 13.9. The van der Waals surface area contributed by atoms with E-state index in [2.05, 4.69) is 17.1 Å². The number of benzene rings is 1. The fourth-order valence-corrected chi connectivity index (χ4v) is 2.98. The monoisotopic (exact) mass is 326 g/mol. The molecule has 24 heavy (non-hydrogen) atoms. The van der Waals surface area contributed by atoms with Crippen LogP contribution in [0, 0.1) is 0 Å². The number of hydrogen-bond acceptors (Lipinski definition) is 4. The maximum atomic E-state index is 13.1. The number of ether oxygens (including phenoxy) is 2. The Bertz CT molecular complexity index is 669. The molecule has 126 valence electrons. The van der Waals surface area contributed by atoms with Crippen molar-refractivity contribution in [3.05, 3.63) is 59.8 Å².